The number of aliphatic hydroxyl groups is 1. The number of hydrogen-bond donors (Lipinski definition) is 1. The lowest BCUT2D eigenvalue weighted by molar-refractivity contribution is -0.137. The highest BCUT2D eigenvalue weighted by Gasteiger charge is 2.36. The molecule has 1 aromatic carbocycles. The number of piperidine rings is 1. The van der Waals surface area contributed by atoms with E-state index < -0.39 is 5.60 Å². The molecule has 2 rings (SSSR count). The first-order chi connectivity index (χ1) is 9.92. The van der Waals surface area contributed by atoms with E-state index in [2.05, 4.69) is 32.9 Å². The average Bonchev–Trinajstić information content (AvgIpc) is 2.48. The molecule has 0 bridgehead atoms. The van der Waals surface area contributed by atoms with Crippen molar-refractivity contribution < 1.29 is 9.90 Å². The lowest BCUT2D eigenvalue weighted by Crippen LogP contribution is -2.49. The van der Waals surface area contributed by atoms with Gasteiger partial charge in [0.05, 0.1) is 5.60 Å². The van der Waals surface area contributed by atoms with Gasteiger partial charge in [-0.2, -0.15) is 0 Å². The highest BCUT2D eigenvalue weighted by atomic mass is 16.3. The summed E-state index contributed by atoms with van der Waals surface area (Å²) < 4.78 is 0. The maximum absolute atomic E-state index is 12.4. The van der Waals surface area contributed by atoms with Crippen LogP contribution in [-0.2, 0) is 4.79 Å². The van der Waals surface area contributed by atoms with Crippen molar-refractivity contribution in [3.05, 3.63) is 35.9 Å². The molecule has 1 aromatic rings. The first-order valence-electron chi connectivity index (χ1n) is 7.97. The van der Waals surface area contributed by atoms with E-state index in [9.17, 15) is 9.90 Å². The van der Waals surface area contributed by atoms with Gasteiger partial charge in [0.25, 0.3) is 0 Å². The summed E-state index contributed by atoms with van der Waals surface area (Å²) >= 11 is 0. The van der Waals surface area contributed by atoms with Crippen molar-refractivity contribution in [1.29, 1.82) is 0 Å². The van der Waals surface area contributed by atoms with Gasteiger partial charge in [-0.3, -0.25) is 4.79 Å². The third-order valence-corrected chi connectivity index (χ3v) is 4.91. The maximum atomic E-state index is 12.4. The van der Waals surface area contributed by atoms with Crippen LogP contribution in [0.15, 0.2) is 30.3 Å². The molecular formula is C18H27NO2. The molecule has 0 radical (unpaired) electrons. The van der Waals surface area contributed by atoms with Crippen molar-refractivity contribution in [2.75, 3.05) is 13.1 Å². The molecule has 3 nitrogen and oxygen atoms in total. The van der Waals surface area contributed by atoms with Gasteiger partial charge in [0, 0.05) is 19.5 Å². The Morgan fingerprint density at radius 1 is 1.19 bits per heavy atom. The van der Waals surface area contributed by atoms with E-state index in [0.29, 0.717) is 32.4 Å². The second kappa shape index (κ2) is 6.61. The minimum Gasteiger partial charge on any atom is -0.389 e. The summed E-state index contributed by atoms with van der Waals surface area (Å²) in [5.41, 5.74) is 0.614. The van der Waals surface area contributed by atoms with E-state index >= 15 is 0 Å². The molecule has 1 unspecified atom stereocenters. The highest BCUT2D eigenvalue weighted by Crippen LogP contribution is 2.30. The van der Waals surface area contributed by atoms with E-state index in [1.54, 1.807) is 0 Å². The smallest absolute Gasteiger partial charge is 0.223 e. The summed E-state index contributed by atoms with van der Waals surface area (Å²) in [4.78, 5) is 14.3. The second-order valence-corrected chi connectivity index (χ2v) is 6.65. The molecule has 1 heterocycles. The summed E-state index contributed by atoms with van der Waals surface area (Å²) in [5, 5.41) is 10.5. The Hall–Kier alpha value is -1.35. The van der Waals surface area contributed by atoms with Crippen molar-refractivity contribution in [1.82, 2.24) is 4.90 Å². The molecule has 0 saturated carbocycles. The van der Waals surface area contributed by atoms with Gasteiger partial charge in [-0.1, -0.05) is 51.1 Å². The normalized spacial score (nSPS) is 19.6. The Bertz CT molecular complexity index is 461. The lowest BCUT2D eigenvalue weighted by atomic mass is 9.81. The van der Waals surface area contributed by atoms with Crippen molar-refractivity contribution in [3.8, 4) is 0 Å². The highest BCUT2D eigenvalue weighted by molar-refractivity contribution is 5.77. The molecule has 1 aliphatic heterocycles. The zero-order valence-corrected chi connectivity index (χ0v) is 13.4. The zero-order valence-electron chi connectivity index (χ0n) is 13.4. The maximum Gasteiger partial charge on any atom is 0.223 e. The molecular weight excluding hydrogens is 262 g/mol. The van der Waals surface area contributed by atoms with Crippen LogP contribution in [0, 0.1) is 5.92 Å². The van der Waals surface area contributed by atoms with Crippen molar-refractivity contribution >= 4 is 5.91 Å². The van der Waals surface area contributed by atoms with Crippen LogP contribution < -0.4 is 0 Å². The van der Waals surface area contributed by atoms with Crippen LogP contribution in [0.3, 0.4) is 0 Å². The SMILES string of the molecule is CC(CC(=O)N1CCC(O)(C(C)C)CC1)c1ccccc1. The number of hydrogen-bond acceptors (Lipinski definition) is 2. The van der Waals surface area contributed by atoms with Crippen LogP contribution in [0.5, 0.6) is 0 Å². The van der Waals surface area contributed by atoms with Crippen molar-refractivity contribution in [3.63, 3.8) is 0 Å². The topological polar surface area (TPSA) is 40.5 Å². The Kier molecular flexibility index (Phi) is 5.04. The summed E-state index contributed by atoms with van der Waals surface area (Å²) in [6.45, 7) is 7.55. The van der Waals surface area contributed by atoms with Crippen LogP contribution in [0.1, 0.15) is 51.5 Å². The fourth-order valence-electron chi connectivity index (χ4n) is 3.01. The predicted molar refractivity (Wildman–Crippen MR) is 85.1 cm³/mol. The van der Waals surface area contributed by atoms with Crippen LogP contribution >= 0.6 is 0 Å². The molecule has 0 aromatic heterocycles. The van der Waals surface area contributed by atoms with Gasteiger partial charge in [0.2, 0.25) is 5.91 Å². The third-order valence-electron chi connectivity index (χ3n) is 4.91. The first-order valence-corrected chi connectivity index (χ1v) is 7.97. The molecule has 3 heteroatoms. The van der Waals surface area contributed by atoms with Gasteiger partial charge >= 0.3 is 0 Å². The number of amides is 1. The van der Waals surface area contributed by atoms with Crippen LogP contribution in [0.25, 0.3) is 0 Å². The first kappa shape index (κ1) is 16.0. The number of nitrogens with zero attached hydrogens (tertiary/aromatic N) is 1. The van der Waals surface area contributed by atoms with Crippen LogP contribution in [0.4, 0.5) is 0 Å². The molecule has 1 aliphatic rings. The molecule has 21 heavy (non-hydrogen) atoms. The summed E-state index contributed by atoms with van der Waals surface area (Å²) in [7, 11) is 0. The number of likely N-dealkylation sites (tertiary alicyclic amines) is 1. The largest absolute Gasteiger partial charge is 0.389 e. The Morgan fingerprint density at radius 3 is 2.29 bits per heavy atom. The third kappa shape index (κ3) is 3.85. The van der Waals surface area contributed by atoms with Crippen molar-refractivity contribution in [2.24, 2.45) is 5.92 Å². The number of rotatable bonds is 4. The van der Waals surface area contributed by atoms with Gasteiger partial charge in [-0.05, 0) is 30.2 Å². The molecule has 1 N–H and O–H groups in total. The van der Waals surface area contributed by atoms with Gasteiger partial charge in [0.15, 0.2) is 0 Å². The monoisotopic (exact) mass is 289 g/mol. The molecule has 0 aliphatic carbocycles. The Labute approximate surface area is 128 Å². The van der Waals surface area contributed by atoms with Crippen molar-refractivity contribution in [2.45, 2.75) is 51.6 Å². The average molecular weight is 289 g/mol. The Morgan fingerprint density at radius 2 is 1.76 bits per heavy atom. The zero-order chi connectivity index (χ0) is 15.5. The Balaban J connectivity index is 1.88. The minimum atomic E-state index is -0.595. The second-order valence-electron chi connectivity index (χ2n) is 6.65. The molecule has 1 amide bonds. The molecule has 0 spiro atoms. The molecule has 1 fully saturated rings. The molecule has 1 saturated heterocycles. The number of benzene rings is 1. The van der Waals surface area contributed by atoms with Crippen LogP contribution in [0.2, 0.25) is 0 Å². The summed E-state index contributed by atoms with van der Waals surface area (Å²) in [6, 6.07) is 10.2. The van der Waals surface area contributed by atoms with Gasteiger partial charge in [-0.15, -0.1) is 0 Å². The summed E-state index contributed by atoms with van der Waals surface area (Å²) in [5.74, 6) is 0.694. The number of carbonyl (C=O) groups is 1. The van der Waals surface area contributed by atoms with E-state index in [1.165, 1.54) is 5.56 Å². The lowest BCUT2D eigenvalue weighted by Gasteiger charge is -2.41. The van der Waals surface area contributed by atoms with Crippen LogP contribution in [-0.4, -0.2) is 34.6 Å². The van der Waals surface area contributed by atoms with E-state index in [1.807, 2.05) is 23.1 Å². The standard InChI is InChI=1S/C18H27NO2/c1-14(2)18(21)9-11-19(12-10-18)17(20)13-15(3)16-7-5-4-6-8-16/h4-8,14-15,21H,9-13H2,1-3H3. The fraction of sp³-hybridized carbons (Fsp3) is 0.611. The van der Waals surface area contributed by atoms with E-state index in [4.69, 9.17) is 0 Å². The van der Waals surface area contributed by atoms with E-state index in [0.717, 1.165) is 0 Å². The number of carbonyl (C=O) groups excluding carboxylic acids is 1. The predicted octanol–water partition coefficient (Wildman–Crippen LogP) is 3.19. The van der Waals surface area contributed by atoms with E-state index in [-0.39, 0.29) is 17.7 Å². The fourth-order valence-corrected chi connectivity index (χ4v) is 3.01. The van der Waals surface area contributed by atoms with Gasteiger partial charge < -0.3 is 10.0 Å². The van der Waals surface area contributed by atoms with Gasteiger partial charge in [0.1, 0.15) is 0 Å². The minimum absolute atomic E-state index is 0.206. The summed E-state index contributed by atoms with van der Waals surface area (Å²) in [6.07, 6.45) is 1.93. The molecule has 116 valence electrons. The van der Waals surface area contributed by atoms with Gasteiger partial charge in [-0.25, -0.2) is 0 Å². The molecule has 1 atom stereocenters. The quantitative estimate of drug-likeness (QED) is 0.924.